The zero-order chi connectivity index (χ0) is 14.4. The molecule has 0 amide bonds. The highest BCUT2D eigenvalue weighted by Crippen LogP contribution is 2.20. The minimum atomic E-state index is 0.301. The fraction of sp³-hybridized carbons (Fsp3) is 0.769. The Labute approximate surface area is 119 Å². The lowest BCUT2D eigenvalue weighted by atomic mass is 10.2. The lowest BCUT2D eigenvalue weighted by molar-refractivity contribution is 0.0919. The van der Waals surface area contributed by atoms with E-state index in [2.05, 4.69) is 32.1 Å². The lowest BCUT2D eigenvalue weighted by Gasteiger charge is -2.35. The van der Waals surface area contributed by atoms with Crippen molar-refractivity contribution in [3.05, 3.63) is 0 Å². The topological polar surface area (TPSA) is 72.4 Å². The standard InChI is InChI=1S/C13H23N5O2/c1-4-10-9-19-8-7-18(10)12-15-11(14-5-2)16-13(17-12)20-6-3/h10H,4-9H2,1-3H3,(H,14,15,16,17). The fourth-order valence-electron chi connectivity index (χ4n) is 2.16. The van der Waals surface area contributed by atoms with Gasteiger partial charge in [-0.15, -0.1) is 0 Å². The van der Waals surface area contributed by atoms with Crippen molar-refractivity contribution < 1.29 is 9.47 Å². The molecule has 1 aromatic rings. The monoisotopic (exact) mass is 281 g/mol. The van der Waals surface area contributed by atoms with Gasteiger partial charge in [-0.1, -0.05) is 6.92 Å². The second kappa shape index (κ2) is 7.23. The molecule has 0 radical (unpaired) electrons. The van der Waals surface area contributed by atoms with E-state index >= 15 is 0 Å². The Morgan fingerprint density at radius 2 is 2.15 bits per heavy atom. The van der Waals surface area contributed by atoms with Crippen molar-refractivity contribution in [3.63, 3.8) is 0 Å². The van der Waals surface area contributed by atoms with Gasteiger partial charge in [-0.2, -0.15) is 15.0 Å². The highest BCUT2D eigenvalue weighted by atomic mass is 16.5. The molecule has 1 aromatic heterocycles. The number of morpholine rings is 1. The highest BCUT2D eigenvalue weighted by Gasteiger charge is 2.25. The maximum atomic E-state index is 5.52. The Hall–Kier alpha value is -1.63. The van der Waals surface area contributed by atoms with Crippen LogP contribution in [0.4, 0.5) is 11.9 Å². The Morgan fingerprint density at radius 3 is 2.85 bits per heavy atom. The summed E-state index contributed by atoms with van der Waals surface area (Å²) in [5.41, 5.74) is 0. The van der Waals surface area contributed by atoms with Crippen LogP contribution in [0.1, 0.15) is 27.2 Å². The van der Waals surface area contributed by atoms with E-state index in [-0.39, 0.29) is 0 Å². The molecule has 0 aromatic carbocycles. The summed E-state index contributed by atoms with van der Waals surface area (Å²) in [4.78, 5) is 15.3. The molecule has 0 saturated carbocycles. The summed E-state index contributed by atoms with van der Waals surface area (Å²) in [6, 6.07) is 0.671. The molecule has 1 saturated heterocycles. The van der Waals surface area contributed by atoms with Gasteiger partial charge in [0.2, 0.25) is 11.9 Å². The highest BCUT2D eigenvalue weighted by molar-refractivity contribution is 5.39. The minimum absolute atomic E-state index is 0.301. The molecule has 7 nitrogen and oxygen atoms in total. The summed E-state index contributed by atoms with van der Waals surface area (Å²) < 4.78 is 11.0. The van der Waals surface area contributed by atoms with Crippen molar-refractivity contribution in [2.45, 2.75) is 33.2 Å². The molecule has 2 rings (SSSR count). The number of nitrogens with one attached hydrogen (secondary N) is 1. The number of nitrogens with zero attached hydrogens (tertiary/aromatic N) is 4. The summed E-state index contributed by atoms with van der Waals surface area (Å²) in [7, 11) is 0. The van der Waals surface area contributed by atoms with E-state index in [0.29, 0.717) is 43.8 Å². The first-order valence-electron chi connectivity index (χ1n) is 7.25. The van der Waals surface area contributed by atoms with Gasteiger partial charge in [0.15, 0.2) is 0 Å². The van der Waals surface area contributed by atoms with Crippen LogP contribution >= 0.6 is 0 Å². The predicted octanol–water partition coefficient (Wildman–Crippen LogP) is 1.32. The number of aromatic nitrogens is 3. The molecule has 1 unspecified atom stereocenters. The number of hydrogen-bond acceptors (Lipinski definition) is 7. The van der Waals surface area contributed by atoms with Gasteiger partial charge in [0.05, 0.1) is 25.9 Å². The van der Waals surface area contributed by atoms with Gasteiger partial charge >= 0.3 is 6.01 Å². The van der Waals surface area contributed by atoms with Gasteiger partial charge in [-0.3, -0.25) is 0 Å². The van der Waals surface area contributed by atoms with Crippen molar-refractivity contribution >= 4 is 11.9 Å². The van der Waals surface area contributed by atoms with Crippen LogP contribution in [0.15, 0.2) is 0 Å². The maximum Gasteiger partial charge on any atom is 0.323 e. The second-order valence-corrected chi connectivity index (χ2v) is 4.54. The van der Waals surface area contributed by atoms with E-state index in [1.165, 1.54) is 0 Å². The van der Waals surface area contributed by atoms with E-state index in [9.17, 15) is 0 Å². The van der Waals surface area contributed by atoms with Gasteiger partial charge in [0, 0.05) is 13.1 Å². The van der Waals surface area contributed by atoms with Gasteiger partial charge in [0.1, 0.15) is 0 Å². The Kier molecular flexibility index (Phi) is 5.34. The summed E-state index contributed by atoms with van der Waals surface area (Å²) in [6.07, 6.45) is 0.992. The van der Waals surface area contributed by atoms with E-state index < -0.39 is 0 Å². The van der Waals surface area contributed by atoms with Crippen molar-refractivity contribution in [3.8, 4) is 6.01 Å². The van der Waals surface area contributed by atoms with Crippen LogP contribution < -0.4 is 15.0 Å². The summed E-state index contributed by atoms with van der Waals surface area (Å²) in [6.45, 7) is 9.56. The summed E-state index contributed by atoms with van der Waals surface area (Å²) in [5, 5.41) is 3.12. The number of anilines is 2. The zero-order valence-corrected chi connectivity index (χ0v) is 12.4. The Balaban J connectivity index is 2.27. The van der Waals surface area contributed by atoms with Crippen molar-refractivity contribution in [2.75, 3.05) is 43.1 Å². The Bertz CT molecular complexity index is 405. The molecule has 1 fully saturated rings. The van der Waals surface area contributed by atoms with Crippen LogP contribution in [-0.2, 0) is 4.74 Å². The number of hydrogen-bond donors (Lipinski definition) is 1. The first kappa shape index (κ1) is 14.8. The third kappa shape index (κ3) is 3.47. The van der Waals surface area contributed by atoms with Gasteiger partial charge < -0.3 is 19.7 Å². The molecule has 7 heteroatoms. The van der Waals surface area contributed by atoms with Gasteiger partial charge in [0.25, 0.3) is 0 Å². The van der Waals surface area contributed by atoms with E-state index in [0.717, 1.165) is 19.5 Å². The van der Waals surface area contributed by atoms with Crippen LogP contribution in [0.25, 0.3) is 0 Å². The van der Waals surface area contributed by atoms with Gasteiger partial charge in [-0.05, 0) is 20.3 Å². The first-order valence-corrected chi connectivity index (χ1v) is 7.25. The molecular weight excluding hydrogens is 258 g/mol. The molecule has 1 N–H and O–H groups in total. The molecule has 0 spiro atoms. The van der Waals surface area contributed by atoms with Gasteiger partial charge in [-0.25, -0.2) is 0 Å². The third-order valence-electron chi connectivity index (χ3n) is 3.17. The lowest BCUT2D eigenvalue weighted by Crippen LogP contribution is -2.46. The molecule has 1 aliphatic rings. The van der Waals surface area contributed by atoms with Crippen molar-refractivity contribution in [1.29, 1.82) is 0 Å². The molecular formula is C13H23N5O2. The zero-order valence-electron chi connectivity index (χ0n) is 12.4. The Morgan fingerprint density at radius 1 is 1.30 bits per heavy atom. The van der Waals surface area contributed by atoms with Crippen LogP contribution in [-0.4, -0.2) is 53.9 Å². The SMILES string of the molecule is CCNc1nc(OCC)nc(N2CCOCC2CC)n1. The average molecular weight is 281 g/mol. The van der Waals surface area contributed by atoms with Crippen LogP contribution in [0, 0.1) is 0 Å². The molecule has 0 aliphatic carbocycles. The summed E-state index contributed by atoms with van der Waals surface area (Å²) in [5.74, 6) is 1.22. The van der Waals surface area contributed by atoms with Crippen LogP contribution in [0.3, 0.4) is 0 Å². The number of rotatable bonds is 6. The van der Waals surface area contributed by atoms with Crippen molar-refractivity contribution in [1.82, 2.24) is 15.0 Å². The van der Waals surface area contributed by atoms with Crippen LogP contribution in [0.5, 0.6) is 6.01 Å². The molecule has 1 aliphatic heterocycles. The molecule has 1 atom stereocenters. The molecule has 112 valence electrons. The van der Waals surface area contributed by atoms with E-state index in [1.54, 1.807) is 0 Å². The largest absolute Gasteiger partial charge is 0.464 e. The quantitative estimate of drug-likeness (QED) is 0.843. The maximum absolute atomic E-state index is 5.52. The minimum Gasteiger partial charge on any atom is -0.464 e. The molecule has 20 heavy (non-hydrogen) atoms. The molecule has 0 bridgehead atoms. The normalized spacial score (nSPS) is 18.9. The average Bonchev–Trinajstić information content (AvgIpc) is 2.47. The third-order valence-corrected chi connectivity index (χ3v) is 3.17. The number of ether oxygens (including phenoxy) is 2. The smallest absolute Gasteiger partial charge is 0.323 e. The molecule has 2 heterocycles. The van der Waals surface area contributed by atoms with Crippen LogP contribution in [0.2, 0.25) is 0 Å². The van der Waals surface area contributed by atoms with E-state index in [1.807, 2.05) is 13.8 Å². The summed E-state index contributed by atoms with van der Waals surface area (Å²) >= 11 is 0. The predicted molar refractivity (Wildman–Crippen MR) is 77.4 cm³/mol. The fourth-order valence-corrected chi connectivity index (χ4v) is 2.16. The van der Waals surface area contributed by atoms with E-state index in [4.69, 9.17) is 9.47 Å². The second-order valence-electron chi connectivity index (χ2n) is 4.54. The first-order chi connectivity index (χ1) is 9.78. The van der Waals surface area contributed by atoms with Crippen molar-refractivity contribution in [2.24, 2.45) is 0 Å².